The normalized spacial score (nSPS) is 10.7. The zero-order valence-electron chi connectivity index (χ0n) is 11.4. The highest BCUT2D eigenvalue weighted by Gasteiger charge is 2.15. The molecular formula is C15H16O5. The van der Waals surface area contributed by atoms with Gasteiger partial charge in [0, 0.05) is 11.5 Å². The monoisotopic (exact) mass is 276 g/mol. The summed E-state index contributed by atoms with van der Waals surface area (Å²) in [7, 11) is 0. The summed E-state index contributed by atoms with van der Waals surface area (Å²) in [4.78, 5) is 22.6. The van der Waals surface area contributed by atoms with Crippen molar-refractivity contribution in [1.82, 2.24) is 0 Å². The van der Waals surface area contributed by atoms with E-state index in [1.807, 2.05) is 6.07 Å². The number of carbonyl (C=O) groups is 2. The fraction of sp³-hybridized carbons (Fsp3) is 0.333. The van der Waals surface area contributed by atoms with Crippen LogP contribution in [-0.2, 0) is 19.0 Å². The van der Waals surface area contributed by atoms with Crippen LogP contribution >= 0.6 is 0 Å². The maximum absolute atomic E-state index is 11.4. The average molecular weight is 276 g/mol. The first-order valence-electron chi connectivity index (χ1n) is 6.24. The fourth-order valence-electron chi connectivity index (χ4n) is 1.35. The molecule has 1 rings (SSSR count). The number of carbonyl (C=O) groups excluding carboxylic acids is 2. The molecule has 0 bridgehead atoms. The van der Waals surface area contributed by atoms with Crippen molar-refractivity contribution in [3.05, 3.63) is 35.9 Å². The lowest BCUT2D eigenvalue weighted by atomic mass is 10.1. The van der Waals surface area contributed by atoms with Crippen LogP contribution in [0.25, 0.3) is 0 Å². The van der Waals surface area contributed by atoms with Crippen LogP contribution < -0.4 is 0 Å². The van der Waals surface area contributed by atoms with Crippen LogP contribution in [0.3, 0.4) is 0 Å². The van der Waals surface area contributed by atoms with Gasteiger partial charge >= 0.3 is 12.1 Å². The number of hydrogen-bond acceptors (Lipinski definition) is 5. The van der Waals surface area contributed by atoms with Gasteiger partial charge < -0.3 is 14.2 Å². The minimum Gasteiger partial charge on any atom is -0.456 e. The maximum atomic E-state index is 11.4. The van der Waals surface area contributed by atoms with E-state index in [9.17, 15) is 9.59 Å². The molecule has 0 N–H and O–H groups in total. The van der Waals surface area contributed by atoms with Gasteiger partial charge in [0.25, 0.3) is 0 Å². The first-order valence-corrected chi connectivity index (χ1v) is 6.24. The molecule has 0 spiro atoms. The van der Waals surface area contributed by atoms with E-state index in [2.05, 4.69) is 11.8 Å². The second-order valence-corrected chi connectivity index (χ2v) is 3.58. The molecule has 5 heteroatoms. The number of esters is 1. The van der Waals surface area contributed by atoms with E-state index in [0.29, 0.717) is 5.56 Å². The van der Waals surface area contributed by atoms with Gasteiger partial charge in [0.1, 0.15) is 0 Å². The van der Waals surface area contributed by atoms with E-state index in [-0.39, 0.29) is 13.2 Å². The lowest BCUT2D eigenvalue weighted by molar-refractivity contribution is -0.136. The number of ether oxygens (including phenoxy) is 3. The Bertz CT molecular complexity index is 498. The Balaban J connectivity index is 2.85. The Morgan fingerprint density at radius 2 is 1.75 bits per heavy atom. The predicted octanol–water partition coefficient (Wildman–Crippen LogP) is 2.47. The zero-order chi connectivity index (χ0) is 14.8. The molecule has 5 nitrogen and oxygen atoms in total. The summed E-state index contributed by atoms with van der Waals surface area (Å²) in [5, 5.41) is 0. The quantitative estimate of drug-likeness (QED) is 0.480. The first-order chi connectivity index (χ1) is 9.67. The van der Waals surface area contributed by atoms with E-state index < -0.39 is 18.2 Å². The van der Waals surface area contributed by atoms with E-state index in [4.69, 9.17) is 14.2 Å². The van der Waals surface area contributed by atoms with E-state index in [0.717, 1.165) is 0 Å². The van der Waals surface area contributed by atoms with Crippen LogP contribution in [0.4, 0.5) is 4.79 Å². The highest BCUT2D eigenvalue weighted by molar-refractivity contribution is 5.88. The van der Waals surface area contributed by atoms with Crippen LogP contribution in [0, 0.1) is 11.8 Å². The molecule has 1 aromatic carbocycles. The molecule has 1 unspecified atom stereocenters. The molecule has 0 aliphatic carbocycles. The summed E-state index contributed by atoms with van der Waals surface area (Å²) in [6, 6.07) is 8.86. The highest BCUT2D eigenvalue weighted by Crippen LogP contribution is 2.16. The summed E-state index contributed by atoms with van der Waals surface area (Å²) in [6.45, 7) is 3.79. The predicted molar refractivity (Wildman–Crippen MR) is 71.7 cm³/mol. The van der Waals surface area contributed by atoms with Gasteiger partial charge in [0.05, 0.1) is 13.2 Å². The van der Waals surface area contributed by atoms with Crippen molar-refractivity contribution in [1.29, 1.82) is 0 Å². The molecule has 1 aromatic rings. The van der Waals surface area contributed by atoms with E-state index in [1.165, 1.54) is 0 Å². The molecule has 0 amide bonds. The van der Waals surface area contributed by atoms with Crippen LogP contribution in [0.15, 0.2) is 30.3 Å². The largest absolute Gasteiger partial charge is 0.509 e. The second-order valence-electron chi connectivity index (χ2n) is 3.58. The van der Waals surface area contributed by atoms with Gasteiger partial charge in [-0.05, 0) is 19.8 Å². The molecule has 0 aromatic heterocycles. The third-order valence-electron chi connectivity index (χ3n) is 2.16. The Hall–Kier alpha value is -2.48. The second kappa shape index (κ2) is 8.59. The van der Waals surface area contributed by atoms with Gasteiger partial charge in [-0.1, -0.05) is 30.3 Å². The smallest absolute Gasteiger partial charge is 0.456 e. The lowest BCUT2D eigenvalue weighted by Crippen LogP contribution is -2.12. The minimum absolute atomic E-state index is 0.200. The van der Waals surface area contributed by atoms with Gasteiger partial charge in [-0.2, -0.15) is 0 Å². The molecule has 0 fully saturated rings. The van der Waals surface area contributed by atoms with Gasteiger partial charge in [0.15, 0.2) is 6.10 Å². The van der Waals surface area contributed by atoms with Crippen molar-refractivity contribution in [2.45, 2.75) is 20.0 Å². The minimum atomic E-state index is -0.875. The van der Waals surface area contributed by atoms with Crippen molar-refractivity contribution in [3.63, 3.8) is 0 Å². The van der Waals surface area contributed by atoms with Crippen molar-refractivity contribution >= 4 is 12.1 Å². The number of benzene rings is 1. The Morgan fingerprint density at radius 3 is 2.35 bits per heavy atom. The average Bonchev–Trinajstić information content (AvgIpc) is 2.45. The number of hydrogen-bond donors (Lipinski definition) is 0. The first kappa shape index (κ1) is 15.6. The molecule has 0 aliphatic heterocycles. The van der Waals surface area contributed by atoms with Crippen LogP contribution in [0.2, 0.25) is 0 Å². The Kier molecular flexibility index (Phi) is 6.69. The van der Waals surface area contributed by atoms with Gasteiger partial charge in [-0.15, -0.1) is 0 Å². The highest BCUT2D eigenvalue weighted by atomic mass is 16.7. The SMILES string of the molecule is CCOC(=O)C#CC(OC(=O)OCC)c1ccccc1. The summed E-state index contributed by atoms with van der Waals surface area (Å²) in [5.41, 5.74) is 0.650. The molecule has 1 atom stereocenters. The Labute approximate surface area is 117 Å². The standard InChI is InChI=1S/C15H16O5/c1-3-18-14(16)11-10-13(20-15(17)19-4-2)12-8-6-5-7-9-12/h5-9,13H,3-4H2,1-2H3. The molecular weight excluding hydrogens is 260 g/mol. The fourth-order valence-corrected chi connectivity index (χ4v) is 1.35. The third kappa shape index (κ3) is 5.44. The van der Waals surface area contributed by atoms with Crippen molar-refractivity contribution in [2.75, 3.05) is 13.2 Å². The molecule has 0 heterocycles. The molecule has 20 heavy (non-hydrogen) atoms. The summed E-state index contributed by atoms with van der Waals surface area (Å²) >= 11 is 0. The maximum Gasteiger partial charge on any atom is 0.509 e. The number of rotatable bonds is 4. The molecule has 106 valence electrons. The van der Waals surface area contributed by atoms with E-state index >= 15 is 0 Å². The van der Waals surface area contributed by atoms with Crippen molar-refractivity contribution in [2.24, 2.45) is 0 Å². The Morgan fingerprint density at radius 1 is 1.10 bits per heavy atom. The van der Waals surface area contributed by atoms with Crippen LogP contribution in [-0.4, -0.2) is 25.3 Å². The summed E-state index contributed by atoms with van der Waals surface area (Å²) in [5.74, 6) is 4.18. The van der Waals surface area contributed by atoms with E-state index in [1.54, 1.807) is 38.1 Å². The van der Waals surface area contributed by atoms with Crippen molar-refractivity contribution < 1.29 is 23.8 Å². The van der Waals surface area contributed by atoms with Crippen LogP contribution in [0.5, 0.6) is 0 Å². The summed E-state index contributed by atoms with van der Waals surface area (Å²) in [6.07, 6.45) is -1.71. The van der Waals surface area contributed by atoms with Gasteiger partial charge in [0.2, 0.25) is 0 Å². The van der Waals surface area contributed by atoms with Crippen LogP contribution in [0.1, 0.15) is 25.5 Å². The third-order valence-corrected chi connectivity index (χ3v) is 2.16. The van der Waals surface area contributed by atoms with Crippen molar-refractivity contribution in [3.8, 4) is 11.8 Å². The zero-order valence-corrected chi connectivity index (χ0v) is 11.4. The lowest BCUT2D eigenvalue weighted by Gasteiger charge is -2.12. The van der Waals surface area contributed by atoms with Gasteiger partial charge in [-0.25, -0.2) is 9.59 Å². The molecule has 0 saturated carbocycles. The summed E-state index contributed by atoms with van der Waals surface area (Å²) < 4.78 is 14.5. The molecule has 0 saturated heterocycles. The molecule has 0 aliphatic rings. The topological polar surface area (TPSA) is 61.8 Å². The molecule has 0 radical (unpaired) electrons. The van der Waals surface area contributed by atoms with Gasteiger partial charge in [-0.3, -0.25) is 0 Å².